The van der Waals surface area contributed by atoms with Crippen LogP contribution in [0, 0.1) is 0 Å². The van der Waals surface area contributed by atoms with Crippen molar-refractivity contribution in [3.8, 4) is 5.69 Å². The third-order valence-corrected chi connectivity index (χ3v) is 4.68. The second-order valence-electron chi connectivity index (χ2n) is 6.22. The number of alkyl halides is 3. The fourth-order valence-corrected chi connectivity index (χ4v) is 3.08. The van der Waals surface area contributed by atoms with Crippen LogP contribution >= 0.6 is 23.8 Å². The van der Waals surface area contributed by atoms with E-state index >= 15 is 0 Å². The van der Waals surface area contributed by atoms with Crippen LogP contribution in [-0.2, 0) is 6.18 Å². The first-order chi connectivity index (χ1) is 14.8. The zero-order chi connectivity index (χ0) is 22.4. The minimum atomic E-state index is -4.45. The Labute approximate surface area is 186 Å². The third kappa shape index (κ3) is 5.50. The SMILES string of the molecule is CNc1ccc(-n2ncc3cccnc32)cc1.FC(F)(F)c1cc(NC=S)ccc1Cl. The molecule has 4 rings (SSSR count). The molecule has 0 saturated carbocycles. The Morgan fingerprint density at radius 3 is 2.42 bits per heavy atom. The summed E-state index contributed by atoms with van der Waals surface area (Å²) in [5, 5.41) is 10.6. The van der Waals surface area contributed by atoms with Crippen LogP contribution in [0.1, 0.15) is 5.56 Å². The fourth-order valence-electron chi connectivity index (χ4n) is 2.72. The summed E-state index contributed by atoms with van der Waals surface area (Å²) in [6.45, 7) is 0. The number of rotatable bonds is 4. The molecule has 160 valence electrons. The number of thiocarbonyl (C=S) groups is 1. The van der Waals surface area contributed by atoms with E-state index in [1.165, 1.54) is 12.1 Å². The van der Waals surface area contributed by atoms with Crippen molar-refractivity contribution in [1.82, 2.24) is 14.8 Å². The van der Waals surface area contributed by atoms with E-state index in [9.17, 15) is 13.2 Å². The second kappa shape index (κ2) is 9.76. The molecular weight excluding hydrogens is 447 g/mol. The molecular formula is C21H17ClF3N5S. The lowest BCUT2D eigenvalue weighted by molar-refractivity contribution is -0.137. The molecule has 0 bridgehead atoms. The number of fused-ring (bicyclic) bond motifs is 1. The van der Waals surface area contributed by atoms with Gasteiger partial charge in [-0.1, -0.05) is 23.8 Å². The van der Waals surface area contributed by atoms with Crippen LogP contribution in [-0.4, -0.2) is 27.3 Å². The molecule has 2 heterocycles. The third-order valence-electron chi connectivity index (χ3n) is 4.23. The number of benzene rings is 2. The van der Waals surface area contributed by atoms with E-state index in [0.717, 1.165) is 34.0 Å². The second-order valence-corrected chi connectivity index (χ2v) is 6.87. The van der Waals surface area contributed by atoms with Gasteiger partial charge in [0.25, 0.3) is 0 Å². The lowest BCUT2D eigenvalue weighted by atomic mass is 10.2. The Hall–Kier alpha value is -3.17. The molecule has 2 aromatic heterocycles. The van der Waals surface area contributed by atoms with Gasteiger partial charge in [0.05, 0.1) is 28.0 Å². The summed E-state index contributed by atoms with van der Waals surface area (Å²) in [7, 11) is 1.90. The summed E-state index contributed by atoms with van der Waals surface area (Å²) >= 11 is 9.85. The molecule has 0 amide bonds. The molecule has 0 aliphatic rings. The number of aromatic nitrogens is 3. The molecule has 2 N–H and O–H groups in total. The monoisotopic (exact) mass is 463 g/mol. The molecule has 0 unspecified atom stereocenters. The van der Waals surface area contributed by atoms with Gasteiger partial charge in [-0.3, -0.25) is 0 Å². The van der Waals surface area contributed by atoms with Crippen LogP contribution in [0.3, 0.4) is 0 Å². The van der Waals surface area contributed by atoms with Gasteiger partial charge in [-0.15, -0.1) is 0 Å². The lowest BCUT2D eigenvalue weighted by Gasteiger charge is -2.10. The van der Waals surface area contributed by atoms with Crippen LogP contribution < -0.4 is 10.6 Å². The summed E-state index contributed by atoms with van der Waals surface area (Å²) in [5.74, 6) is 0. The van der Waals surface area contributed by atoms with Crippen LogP contribution in [0.25, 0.3) is 16.7 Å². The van der Waals surface area contributed by atoms with E-state index in [4.69, 9.17) is 11.6 Å². The number of nitrogens with zero attached hydrogens (tertiary/aromatic N) is 3. The molecule has 5 nitrogen and oxygen atoms in total. The highest BCUT2D eigenvalue weighted by Crippen LogP contribution is 2.36. The van der Waals surface area contributed by atoms with E-state index in [1.54, 1.807) is 6.20 Å². The first kappa shape index (κ1) is 22.5. The maximum atomic E-state index is 12.3. The Kier molecular flexibility index (Phi) is 7.09. The Balaban J connectivity index is 0.000000180. The van der Waals surface area contributed by atoms with Gasteiger partial charge in [0.15, 0.2) is 5.65 Å². The molecule has 0 radical (unpaired) electrons. The van der Waals surface area contributed by atoms with Crippen LogP contribution in [0.2, 0.25) is 5.02 Å². The van der Waals surface area contributed by atoms with Crippen molar-refractivity contribution in [2.45, 2.75) is 6.18 Å². The number of hydrogen-bond donors (Lipinski definition) is 2. The highest BCUT2D eigenvalue weighted by molar-refractivity contribution is 7.79. The molecule has 10 heteroatoms. The zero-order valence-corrected chi connectivity index (χ0v) is 17.8. The van der Waals surface area contributed by atoms with Crippen molar-refractivity contribution in [3.63, 3.8) is 0 Å². The van der Waals surface area contributed by atoms with E-state index < -0.39 is 11.7 Å². The minimum Gasteiger partial charge on any atom is -0.388 e. The summed E-state index contributed by atoms with van der Waals surface area (Å²) in [6.07, 6.45) is -0.840. The van der Waals surface area contributed by atoms with Gasteiger partial charge in [-0.2, -0.15) is 18.3 Å². The van der Waals surface area contributed by atoms with Crippen molar-refractivity contribution in [2.75, 3.05) is 17.7 Å². The van der Waals surface area contributed by atoms with E-state index in [2.05, 4.69) is 32.9 Å². The summed E-state index contributed by atoms with van der Waals surface area (Å²) in [6, 6.07) is 15.5. The first-order valence-corrected chi connectivity index (χ1v) is 9.82. The van der Waals surface area contributed by atoms with Crippen molar-refractivity contribution >= 4 is 51.7 Å². The summed E-state index contributed by atoms with van der Waals surface area (Å²) in [4.78, 5) is 4.34. The Morgan fingerprint density at radius 1 is 1.06 bits per heavy atom. The number of anilines is 2. The average molecular weight is 464 g/mol. The fraction of sp³-hybridized carbons (Fsp3) is 0.0952. The number of nitrogens with one attached hydrogen (secondary N) is 2. The smallest absolute Gasteiger partial charge is 0.388 e. The largest absolute Gasteiger partial charge is 0.417 e. The maximum Gasteiger partial charge on any atom is 0.417 e. The van der Waals surface area contributed by atoms with Gasteiger partial charge in [0, 0.05) is 30.0 Å². The maximum absolute atomic E-state index is 12.3. The molecule has 2 aromatic carbocycles. The molecule has 0 fully saturated rings. The van der Waals surface area contributed by atoms with Crippen LogP contribution in [0.5, 0.6) is 0 Å². The van der Waals surface area contributed by atoms with Gasteiger partial charge in [-0.05, 0) is 54.6 Å². The topological polar surface area (TPSA) is 54.8 Å². The molecule has 0 atom stereocenters. The van der Waals surface area contributed by atoms with Gasteiger partial charge < -0.3 is 10.6 Å². The van der Waals surface area contributed by atoms with Gasteiger partial charge in [0.2, 0.25) is 0 Å². The van der Waals surface area contributed by atoms with Crippen LogP contribution in [0.4, 0.5) is 24.5 Å². The minimum absolute atomic E-state index is 0.261. The van der Waals surface area contributed by atoms with Gasteiger partial charge in [0.1, 0.15) is 0 Å². The van der Waals surface area contributed by atoms with Crippen molar-refractivity contribution < 1.29 is 13.2 Å². The molecule has 4 aromatic rings. The molecule has 0 aliphatic heterocycles. The Bertz CT molecular complexity index is 1180. The average Bonchev–Trinajstić information content (AvgIpc) is 3.19. The number of halogens is 4. The standard InChI is InChI=1S/C13H12N4.C8H5ClF3NS/c1-14-11-4-6-12(7-5-11)17-13-10(9-16-17)3-2-8-15-13;9-7-2-1-5(13-4-14)3-6(7)8(10,11)12/h2-9,14H,1H3;1-4H,(H,13,14). The van der Waals surface area contributed by atoms with Crippen molar-refractivity contribution in [3.05, 3.63) is 77.6 Å². The predicted octanol–water partition coefficient (Wildman–Crippen LogP) is 6.19. The molecule has 31 heavy (non-hydrogen) atoms. The highest BCUT2D eigenvalue weighted by Gasteiger charge is 2.33. The van der Waals surface area contributed by atoms with Crippen LogP contribution in [0.15, 0.2) is 67.0 Å². The normalized spacial score (nSPS) is 10.9. The van der Waals surface area contributed by atoms with Crippen molar-refractivity contribution in [2.24, 2.45) is 0 Å². The quantitative estimate of drug-likeness (QED) is 0.353. The first-order valence-electron chi connectivity index (χ1n) is 8.97. The van der Waals surface area contributed by atoms with E-state index in [1.807, 2.05) is 54.3 Å². The van der Waals surface area contributed by atoms with E-state index in [0.29, 0.717) is 0 Å². The van der Waals surface area contributed by atoms with Gasteiger partial charge in [-0.25, -0.2) is 9.67 Å². The van der Waals surface area contributed by atoms with E-state index in [-0.39, 0.29) is 10.7 Å². The lowest BCUT2D eigenvalue weighted by Crippen LogP contribution is -2.06. The zero-order valence-electron chi connectivity index (χ0n) is 16.2. The molecule has 0 saturated heterocycles. The van der Waals surface area contributed by atoms with Gasteiger partial charge >= 0.3 is 6.18 Å². The number of hydrogen-bond acceptors (Lipinski definition) is 4. The predicted molar refractivity (Wildman–Crippen MR) is 122 cm³/mol. The van der Waals surface area contributed by atoms with Crippen molar-refractivity contribution in [1.29, 1.82) is 0 Å². The molecule has 0 aliphatic carbocycles. The Morgan fingerprint density at radius 2 is 1.77 bits per heavy atom. The molecule has 0 spiro atoms. The number of pyridine rings is 1. The summed E-state index contributed by atoms with van der Waals surface area (Å²) in [5.41, 5.74) is 3.49. The highest BCUT2D eigenvalue weighted by atomic mass is 35.5. The summed E-state index contributed by atoms with van der Waals surface area (Å²) < 4.78 is 38.8.